The number of tetrazole rings is 1. The number of nitrogens with zero attached hydrogens (tertiary/aromatic N) is 5. The molecule has 2 N–H and O–H groups in total. The zero-order valence-electron chi connectivity index (χ0n) is 13.7. The number of thioether (sulfide) groups is 1. The van der Waals surface area contributed by atoms with Crippen LogP contribution in [0.15, 0.2) is 51.7 Å². The Morgan fingerprint density at radius 3 is 2.93 bits per heavy atom. The molecule has 0 unspecified atom stereocenters. The van der Waals surface area contributed by atoms with Crippen molar-refractivity contribution in [1.82, 2.24) is 30.6 Å². The Bertz CT molecular complexity index is 1160. The second-order valence-corrected chi connectivity index (χ2v) is 7.33. The van der Waals surface area contributed by atoms with Gasteiger partial charge in [-0.1, -0.05) is 36.0 Å². The molecular weight excluding hydrogens is 382 g/mol. The third-order valence-corrected chi connectivity index (χ3v) is 5.51. The highest BCUT2D eigenvalue weighted by atomic mass is 32.2. The number of benzene rings is 1. The van der Waals surface area contributed by atoms with Crippen molar-refractivity contribution in [2.75, 3.05) is 0 Å². The Morgan fingerprint density at radius 2 is 2.19 bits per heavy atom. The topological polar surface area (TPSA) is 124 Å². The van der Waals surface area contributed by atoms with Gasteiger partial charge in [-0.05, 0) is 33.5 Å². The van der Waals surface area contributed by atoms with Gasteiger partial charge in [0.05, 0.1) is 4.88 Å². The summed E-state index contributed by atoms with van der Waals surface area (Å²) in [6.45, 7) is 0. The average Bonchev–Trinajstić information content (AvgIpc) is 3.40. The quantitative estimate of drug-likeness (QED) is 0.394. The van der Waals surface area contributed by atoms with Crippen molar-refractivity contribution in [2.45, 2.75) is 10.9 Å². The van der Waals surface area contributed by atoms with Crippen LogP contribution in [0.3, 0.4) is 0 Å². The molecule has 10 heteroatoms. The minimum atomic E-state index is -0.431. The lowest BCUT2D eigenvalue weighted by atomic mass is 10.1. The Kier molecular flexibility index (Phi) is 4.78. The summed E-state index contributed by atoms with van der Waals surface area (Å²) >= 11 is 2.83. The molecule has 4 aromatic rings. The summed E-state index contributed by atoms with van der Waals surface area (Å²) in [6, 6.07) is 13.4. The predicted octanol–water partition coefficient (Wildman–Crippen LogP) is 2.84. The molecule has 0 aliphatic heterocycles. The first-order valence-corrected chi connectivity index (χ1v) is 9.65. The van der Waals surface area contributed by atoms with Crippen molar-refractivity contribution >= 4 is 23.1 Å². The smallest absolute Gasteiger partial charge is 0.270 e. The molecule has 27 heavy (non-hydrogen) atoms. The number of aromatic amines is 2. The van der Waals surface area contributed by atoms with E-state index in [-0.39, 0.29) is 5.56 Å². The summed E-state index contributed by atoms with van der Waals surface area (Å²) in [6.07, 6.45) is 0. The first-order valence-electron chi connectivity index (χ1n) is 7.79. The molecule has 132 valence electrons. The fourth-order valence-corrected chi connectivity index (χ4v) is 3.98. The van der Waals surface area contributed by atoms with Crippen LogP contribution >= 0.6 is 23.1 Å². The number of H-pyrrole nitrogens is 2. The number of nitriles is 1. The highest BCUT2D eigenvalue weighted by Crippen LogP contribution is 2.27. The van der Waals surface area contributed by atoms with Crippen LogP contribution < -0.4 is 5.56 Å². The third-order valence-electron chi connectivity index (χ3n) is 3.69. The molecule has 0 atom stereocenters. The van der Waals surface area contributed by atoms with Crippen molar-refractivity contribution in [2.24, 2.45) is 0 Å². The maximum atomic E-state index is 12.3. The normalized spacial score (nSPS) is 10.6. The van der Waals surface area contributed by atoms with E-state index in [0.717, 1.165) is 16.0 Å². The van der Waals surface area contributed by atoms with Gasteiger partial charge in [-0.2, -0.15) is 5.26 Å². The third kappa shape index (κ3) is 3.64. The predicted molar refractivity (Wildman–Crippen MR) is 102 cm³/mol. The number of hydrogen-bond donors (Lipinski definition) is 2. The molecule has 0 radical (unpaired) electrons. The molecule has 8 nitrogen and oxygen atoms in total. The van der Waals surface area contributed by atoms with Crippen LogP contribution in [-0.4, -0.2) is 30.6 Å². The van der Waals surface area contributed by atoms with Crippen molar-refractivity contribution in [3.05, 3.63) is 63.3 Å². The van der Waals surface area contributed by atoms with E-state index < -0.39 is 5.56 Å². The van der Waals surface area contributed by atoms with E-state index >= 15 is 0 Å². The van der Waals surface area contributed by atoms with Crippen molar-refractivity contribution < 1.29 is 0 Å². The first-order chi connectivity index (χ1) is 13.2. The van der Waals surface area contributed by atoms with Crippen molar-refractivity contribution in [3.63, 3.8) is 0 Å². The zero-order chi connectivity index (χ0) is 18.6. The van der Waals surface area contributed by atoms with E-state index in [1.165, 1.54) is 23.1 Å². The van der Waals surface area contributed by atoms with E-state index in [0.29, 0.717) is 22.4 Å². The van der Waals surface area contributed by atoms with Gasteiger partial charge in [0.15, 0.2) is 11.0 Å². The van der Waals surface area contributed by atoms with Gasteiger partial charge in [-0.25, -0.2) is 10.1 Å². The Labute approximate surface area is 161 Å². The van der Waals surface area contributed by atoms with Crippen LogP contribution in [0.4, 0.5) is 0 Å². The van der Waals surface area contributed by atoms with Crippen LogP contribution in [-0.2, 0) is 5.75 Å². The number of thiophene rings is 1. The summed E-state index contributed by atoms with van der Waals surface area (Å²) in [5.41, 5.74) is 1.92. The monoisotopic (exact) mass is 393 g/mol. The molecule has 4 rings (SSSR count). The van der Waals surface area contributed by atoms with E-state index in [4.69, 9.17) is 0 Å². The lowest BCUT2D eigenvalue weighted by molar-refractivity contribution is 0.881. The molecule has 0 aliphatic carbocycles. The fraction of sp³-hybridized carbons (Fsp3) is 0.0588. The molecule has 0 amide bonds. The summed E-state index contributed by atoms with van der Waals surface area (Å²) in [7, 11) is 0. The Balaban J connectivity index is 1.60. The average molecular weight is 393 g/mol. The summed E-state index contributed by atoms with van der Waals surface area (Å²) in [5.74, 6) is 1.18. The van der Waals surface area contributed by atoms with Gasteiger partial charge in [-0.15, -0.1) is 16.4 Å². The molecule has 3 aromatic heterocycles. The lowest BCUT2D eigenvalue weighted by Crippen LogP contribution is -2.14. The van der Waals surface area contributed by atoms with Gasteiger partial charge >= 0.3 is 0 Å². The van der Waals surface area contributed by atoms with Gasteiger partial charge in [0, 0.05) is 11.3 Å². The van der Waals surface area contributed by atoms with E-state index in [1.54, 1.807) is 0 Å². The van der Waals surface area contributed by atoms with E-state index in [9.17, 15) is 10.1 Å². The highest BCUT2D eigenvalue weighted by molar-refractivity contribution is 7.98. The number of nitrogens with one attached hydrogen (secondary N) is 2. The standard InChI is InChI=1S/C17H11N7OS2/c18-8-12-14(13-5-2-6-26-13)19-17(20-16(12)25)27-9-10-3-1-4-11(7-10)15-21-23-24-22-15/h1-7H,9H2,(H,19,20,25)(H,21,22,23,24). The van der Waals surface area contributed by atoms with Gasteiger partial charge in [0.25, 0.3) is 5.56 Å². The van der Waals surface area contributed by atoms with Crippen LogP contribution in [0.25, 0.3) is 22.0 Å². The van der Waals surface area contributed by atoms with Crippen LogP contribution in [0.1, 0.15) is 11.1 Å². The Hall–Kier alpha value is -3.29. The molecule has 0 fully saturated rings. The minimum absolute atomic E-state index is 0.0293. The molecule has 0 bridgehead atoms. The molecule has 0 aliphatic rings. The van der Waals surface area contributed by atoms with Crippen molar-refractivity contribution in [3.8, 4) is 28.0 Å². The molecular formula is C17H11N7OS2. The van der Waals surface area contributed by atoms with Crippen molar-refractivity contribution in [1.29, 1.82) is 5.26 Å². The van der Waals surface area contributed by atoms with Crippen LogP contribution in [0.2, 0.25) is 0 Å². The second kappa shape index (κ2) is 7.53. The molecule has 0 spiro atoms. The molecule has 3 heterocycles. The SMILES string of the molecule is N#Cc1c(-c2cccs2)nc(SCc2cccc(-c3nnn[nH]3)c2)[nH]c1=O. The van der Waals surface area contributed by atoms with Gasteiger partial charge in [-0.3, -0.25) is 4.79 Å². The number of hydrogen-bond acceptors (Lipinski definition) is 8. The molecule has 0 saturated heterocycles. The summed E-state index contributed by atoms with van der Waals surface area (Å²) in [4.78, 5) is 20.2. The fourth-order valence-electron chi connectivity index (χ4n) is 2.46. The summed E-state index contributed by atoms with van der Waals surface area (Å²) < 4.78 is 0. The zero-order valence-corrected chi connectivity index (χ0v) is 15.3. The summed E-state index contributed by atoms with van der Waals surface area (Å²) in [5, 5.41) is 25.4. The Morgan fingerprint density at radius 1 is 1.26 bits per heavy atom. The van der Waals surface area contributed by atoms with E-state index in [2.05, 4.69) is 30.6 Å². The van der Waals surface area contributed by atoms with Crippen LogP contribution in [0.5, 0.6) is 0 Å². The maximum absolute atomic E-state index is 12.3. The second-order valence-electron chi connectivity index (χ2n) is 5.42. The minimum Gasteiger partial charge on any atom is -0.300 e. The van der Waals surface area contributed by atoms with Crippen LogP contribution in [0, 0.1) is 11.3 Å². The molecule has 1 aromatic carbocycles. The number of aromatic nitrogens is 6. The number of rotatable bonds is 5. The molecule has 0 saturated carbocycles. The first kappa shape index (κ1) is 17.1. The van der Waals surface area contributed by atoms with Gasteiger partial charge < -0.3 is 4.98 Å². The van der Waals surface area contributed by atoms with Gasteiger partial charge in [0.1, 0.15) is 17.3 Å². The maximum Gasteiger partial charge on any atom is 0.270 e. The lowest BCUT2D eigenvalue weighted by Gasteiger charge is -2.06. The van der Waals surface area contributed by atoms with E-state index in [1.807, 2.05) is 47.8 Å². The highest BCUT2D eigenvalue weighted by Gasteiger charge is 2.14. The van der Waals surface area contributed by atoms with Gasteiger partial charge in [0.2, 0.25) is 0 Å². The largest absolute Gasteiger partial charge is 0.300 e.